The summed E-state index contributed by atoms with van der Waals surface area (Å²) >= 11 is 0. The van der Waals surface area contributed by atoms with E-state index in [-0.39, 0.29) is 6.54 Å². The average Bonchev–Trinajstić information content (AvgIpc) is 2.46. The first-order valence-electron chi connectivity index (χ1n) is 6.30. The molecule has 0 radical (unpaired) electrons. The zero-order chi connectivity index (χ0) is 15.0. The minimum atomic E-state index is -0.917. The molecule has 1 rings (SSSR count). The quantitative estimate of drug-likeness (QED) is 0.731. The van der Waals surface area contributed by atoms with Crippen LogP contribution in [0.3, 0.4) is 0 Å². The predicted octanol–water partition coefficient (Wildman–Crippen LogP) is 1.47. The van der Waals surface area contributed by atoms with Gasteiger partial charge >= 0.3 is 12.0 Å². The molecule has 0 aliphatic carbocycles. The van der Waals surface area contributed by atoms with Gasteiger partial charge < -0.3 is 15.7 Å². The molecule has 1 aromatic carbocycles. The number of carboxylic acid groups (broad SMARTS) is 1. The lowest BCUT2D eigenvalue weighted by molar-refractivity contribution is -0.141. The number of nitrogens with zero attached hydrogens (tertiary/aromatic N) is 1. The number of carbonyl (C=O) groups is 2. The van der Waals surface area contributed by atoms with Gasteiger partial charge in [-0.15, -0.1) is 0 Å². The highest BCUT2D eigenvalue weighted by Crippen LogP contribution is 2.03. The highest BCUT2D eigenvalue weighted by atomic mass is 16.4. The molecular weight excluding hydrogens is 258 g/mol. The van der Waals surface area contributed by atoms with Crippen LogP contribution in [0.1, 0.15) is 24.5 Å². The molecule has 20 heavy (non-hydrogen) atoms. The summed E-state index contributed by atoms with van der Waals surface area (Å²) in [6.07, 6.45) is 0.464. The Kier molecular flexibility index (Phi) is 6.04. The molecule has 6 nitrogen and oxygen atoms in total. The summed E-state index contributed by atoms with van der Waals surface area (Å²) in [6.45, 7) is 2.18. The van der Waals surface area contributed by atoms with Gasteiger partial charge in [-0.05, 0) is 24.1 Å². The number of rotatable bonds is 6. The molecule has 2 amide bonds. The number of nitrogens with one attached hydrogen (secondary N) is 2. The molecule has 0 aromatic heterocycles. The van der Waals surface area contributed by atoms with Crippen molar-refractivity contribution in [3.63, 3.8) is 0 Å². The fourth-order valence-electron chi connectivity index (χ4n) is 1.56. The van der Waals surface area contributed by atoms with Gasteiger partial charge in [0.05, 0.1) is 17.6 Å². The van der Waals surface area contributed by atoms with Crippen molar-refractivity contribution >= 4 is 12.0 Å². The van der Waals surface area contributed by atoms with Gasteiger partial charge in [0, 0.05) is 13.1 Å². The van der Waals surface area contributed by atoms with Gasteiger partial charge in [0.1, 0.15) is 0 Å². The Morgan fingerprint density at radius 1 is 1.30 bits per heavy atom. The maximum atomic E-state index is 11.5. The van der Waals surface area contributed by atoms with Crippen molar-refractivity contribution in [1.29, 1.82) is 5.26 Å². The third kappa shape index (κ3) is 4.98. The molecule has 1 aromatic rings. The molecule has 0 bridgehead atoms. The summed E-state index contributed by atoms with van der Waals surface area (Å²) in [6, 6.07) is 8.46. The molecule has 1 unspecified atom stereocenters. The zero-order valence-electron chi connectivity index (χ0n) is 11.2. The Balaban J connectivity index is 2.36. The highest BCUT2D eigenvalue weighted by Gasteiger charge is 2.15. The standard InChI is InChI=1S/C14H17N3O3/c1-2-12(13(18)19)9-17-14(20)16-8-11-5-3-10(7-15)4-6-11/h3-6,12H,2,8-9H2,1H3,(H,18,19)(H2,16,17,20). The number of amides is 2. The summed E-state index contributed by atoms with van der Waals surface area (Å²) in [7, 11) is 0. The largest absolute Gasteiger partial charge is 0.481 e. The lowest BCUT2D eigenvalue weighted by atomic mass is 10.1. The molecular formula is C14H17N3O3. The van der Waals surface area contributed by atoms with Crippen LogP contribution in [-0.4, -0.2) is 23.7 Å². The second-order valence-corrected chi connectivity index (χ2v) is 4.32. The van der Waals surface area contributed by atoms with Crippen molar-refractivity contribution in [1.82, 2.24) is 10.6 Å². The number of urea groups is 1. The van der Waals surface area contributed by atoms with Crippen LogP contribution in [0.4, 0.5) is 4.79 Å². The topological polar surface area (TPSA) is 102 Å². The molecule has 1 atom stereocenters. The normalized spacial score (nSPS) is 11.2. The summed E-state index contributed by atoms with van der Waals surface area (Å²) in [4.78, 5) is 22.3. The highest BCUT2D eigenvalue weighted by molar-refractivity contribution is 5.75. The smallest absolute Gasteiger partial charge is 0.315 e. The summed E-state index contributed by atoms with van der Waals surface area (Å²) < 4.78 is 0. The van der Waals surface area contributed by atoms with Crippen molar-refractivity contribution in [2.24, 2.45) is 5.92 Å². The monoisotopic (exact) mass is 275 g/mol. The summed E-state index contributed by atoms with van der Waals surface area (Å²) in [5, 5.41) is 22.7. The van der Waals surface area contributed by atoms with Crippen LogP contribution >= 0.6 is 0 Å². The van der Waals surface area contributed by atoms with E-state index in [1.54, 1.807) is 31.2 Å². The third-order valence-electron chi connectivity index (χ3n) is 2.89. The zero-order valence-corrected chi connectivity index (χ0v) is 11.2. The van der Waals surface area contributed by atoms with E-state index in [0.717, 1.165) is 5.56 Å². The van der Waals surface area contributed by atoms with Crippen LogP contribution in [0.5, 0.6) is 0 Å². The van der Waals surface area contributed by atoms with E-state index in [1.165, 1.54) is 0 Å². The number of aliphatic carboxylic acids is 1. The molecule has 0 spiro atoms. The summed E-state index contributed by atoms with van der Waals surface area (Å²) in [5.41, 5.74) is 1.43. The van der Waals surface area contributed by atoms with Crippen molar-refractivity contribution < 1.29 is 14.7 Å². The van der Waals surface area contributed by atoms with E-state index in [0.29, 0.717) is 18.5 Å². The molecule has 0 aliphatic rings. The first-order valence-corrected chi connectivity index (χ1v) is 6.30. The Morgan fingerprint density at radius 3 is 2.45 bits per heavy atom. The third-order valence-corrected chi connectivity index (χ3v) is 2.89. The van der Waals surface area contributed by atoms with Crippen LogP contribution in [0.25, 0.3) is 0 Å². The first kappa shape index (κ1) is 15.5. The van der Waals surface area contributed by atoms with Crippen LogP contribution < -0.4 is 10.6 Å². The fourth-order valence-corrected chi connectivity index (χ4v) is 1.56. The van der Waals surface area contributed by atoms with Gasteiger partial charge in [-0.3, -0.25) is 4.79 Å². The number of hydrogen-bond donors (Lipinski definition) is 3. The molecule has 106 valence electrons. The SMILES string of the molecule is CCC(CNC(=O)NCc1ccc(C#N)cc1)C(=O)O. The van der Waals surface area contributed by atoms with Crippen LogP contribution in [0.2, 0.25) is 0 Å². The van der Waals surface area contributed by atoms with Gasteiger partial charge in [0.15, 0.2) is 0 Å². The molecule has 0 fully saturated rings. The van der Waals surface area contributed by atoms with Crippen molar-refractivity contribution in [2.45, 2.75) is 19.9 Å². The van der Waals surface area contributed by atoms with Gasteiger partial charge in [-0.2, -0.15) is 5.26 Å². The fraction of sp³-hybridized carbons (Fsp3) is 0.357. The second kappa shape index (κ2) is 7.79. The minimum Gasteiger partial charge on any atom is -0.481 e. The molecule has 3 N–H and O–H groups in total. The average molecular weight is 275 g/mol. The van der Waals surface area contributed by atoms with Crippen LogP contribution in [-0.2, 0) is 11.3 Å². The molecule has 0 saturated carbocycles. The molecule has 0 aliphatic heterocycles. The maximum Gasteiger partial charge on any atom is 0.315 e. The van der Waals surface area contributed by atoms with Crippen molar-refractivity contribution in [3.05, 3.63) is 35.4 Å². The van der Waals surface area contributed by atoms with Crippen molar-refractivity contribution in [2.75, 3.05) is 6.54 Å². The predicted molar refractivity (Wildman–Crippen MR) is 72.8 cm³/mol. The Morgan fingerprint density at radius 2 is 1.95 bits per heavy atom. The van der Waals surface area contributed by atoms with Gasteiger partial charge in [0.2, 0.25) is 0 Å². The lowest BCUT2D eigenvalue weighted by Crippen LogP contribution is -2.39. The van der Waals surface area contributed by atoms with Gasteiger partial charge in [0.25, 0.3) is 0 Å². The van der Waals surface area contributed by atoms with E-state index in [9.17, 15) is 9.59 Å². The Labute approximate surface area is 117 Å². The Hall–Kier alpha value is -2.55. The number of carbonyl (C=O) groups excluding carboxylic acids is 1. The number of nitriles is 1. The number of carboxylic acids is 1. The van der Waals surface area contributed by atoms with Crippen LogP contribution in [0, 0.1) is 17.2 Å². The maximum absolute atomic E-state index is 11.5. The van der Waals surface area contributed by atoms with Gasteiger partial charge in [-0.25, -0.2) is 4.79 Å². The van der Waals surface area contributed by atoms with Crippen LogP contribution in [0.15, 0.2) is 24.3 Å². The second-order valence-electron chi connectivity index (χ2n) is 4.32. The summed E-state index contributed by atoms with van der Waals surface area (Å²) in [5.74, 6) is -1.49. The number of benzene rings is 1. The van der Waals surface area contributed by atoms with E-state index < -0.39 is 17.9 Å². The lowest BCUT2D eigenvalue weighted by Gasteiger charge is -2.12. The van der Waals surface area contributed by atoms with E-state index in [4.69, 9.17) is 10.4 Å². The first-order chi connectivity index (χ1) is 9.56. The molecule has 6 heteroatoms. The van der Waals surface area contributed by atoms with Crippen molar-refractivity contribution in [3.8, 4) is 6.07 Å². The van der Waals surface area contributed by atoms with Gasteiger partial charge in [-0.1, -0.05) is 19.1 Å². The molecule has 0 heterocycles. The van der Waals surface area contributed by atoms with E-state index in [2.05, 4.69) is 10.6 Å². The van der Waals surface area contributed by atoms with E-state index >= 15 is 0 Å². The van der Waals surface area contributed by atoms with E-state index in [1.807, 2.05) is 6.07 Å². The number of hydrogen-bond acceptors (Lipinski definition) is 3. The minimum absolute atomic E-state index is 0.102. The Bertz CT molecular complexity index is 505. The molecule has 0 saturated heterocycles.